The predicted molar refractivity (Wildman–Crippen MR) is 183 cm³/mol. The van der Waals surface area contributed by atoms with E-state index < -0.39 is 77.2 Å². The summed E-state index contributed by atoms with van der Waals surface area (Å²) in [5.41, 5.74) is 8.18. The number of fused-ring (bicyclic) bond motifs is 10. The van der Waals surface area contributed by atoms with E-state index >= 15 is 0 Å². The number of alkyl halides is 3. The Hall–Kier alpha value is -5.97. The molecule has 3 aromatic rings. The summed E-state index contributed by atoms with van der Waals surface area (Å²) >= 11 is 0. The second-order valence-corrected chi connectivity index (χ2v) is 13.0. The number of ether oxygens (including phenoxy) is 1. The van der Waals surface area contributed by atoms with Crippen molar-refractivity contribution < 1.29 is 61.2 Å². The maximum atomic E-state index is 14.2. The van der Waals surface area contributed by atoms with Crippen LogP contribution in [0.4, 0.5) is 24.5 Å². The molecule has 7 rings (SSSR count). The second-order valence-electron chi connectivity index (χ2n) is 13.0. The van der Waals surface area contributed by atoms with Crippen molar-refractivity contribution >= 4 is 46.8 Å². The van der Waals surface area contributed by atoms with Gasteiger partial charge in [0.15, 0.2) is 17.3 Å². The van der Waals surface area contributed by atoms with E-state index in [1.165, 1.54) is 34.5 Å². The minimum atomic E-state index is -5.48. The van der Waals surface area contributed by atoms with Gasteiger partial charge in [-0.1, -0.05) is 42.5 Å². The number of halogens is 3. The monoisotopic (exact) mass is 782 g/mol. The van der Waals surface area contributed by atoms with Gasteiger partial charge in [-0.05, 0) is 49.6 Å². The fourth-order valence-electron chi connectivity index (χ4n) is 6.90. The molecule has 0 aromatic heterocycles. The van der Waals surface area contributed by atoms with Gasteiger partial charge < -0.3 is 10.5 Å². The fraction of sp³-hybridized carbons (Fsp3) is 0.314. The average molecular weight is 783 g/mol. The van der Waals surface area contributed by atoms with Gasteiger partial charge >= 0.3 is 30.1 Å². The summed E-state index contributed by atoms with van der Waals surface area (Å²) in [5, 5.41) is 3.10. The highest BCUT2D eigenvalue weighted by atomic mass is 19.4. The standard InChI is InChI=1S/C35H33F3N8O10/c36-35(37,38)34(52)53-26-13-12-22-28(31(49)21-9-3-2-8-20(21)30(22)48)29(26)44(40)43-16-6-15-42-14-5-11-25(42)33(51)56-46-54-27(47)18-41-45(43)24-10-4-1-7-19(24)17-23(39)32(50)55-46/h1-4,7-10,12-13,23,25,41H,5-6,11,14-18,39-40H2/t23?,25-/m0/s1. The van der Waals surface area contributed by atoms with Crippen molar-refractivity contribution in [3.05, 3.63) is 88.5 Å². The molecular weight excluding hydrogens is 749 g/mol. The summed E-state index contributed by atoms with van der Waals surface area (Å²) < 4.78 is 45.9. The SMILES string of the molecule is NC1Cc2ccccc2N2NCC(=O)ON(OC1=O)OC(=O)[C@@H]1CCCN1CCCN2N(N)c1c(OC(=O)C(F)(F)F)ccc2c1C(=O)c1ccccc1C2=O. The van der Waals surface area contributed by atoms with Crippen molar-refractivity contribution in [3.8, 4) is 5.75 Å². The number of nitrogens with two attached hydrogens (primary N) is 2. The highest BCUT2D eigenvalue weighted by Crippen LogP contribution is 2.41. The van der Waals surface area contributed by atoms with E-state index in [9.17, 15) is 41.9 Å². The summed E-state index contributed by atoms with van der Waals surface area (Å²) in [5.74, 6) is -1.32. The van der Waals surface area contributed by atoms with Crippen LogP contribution in [0.25, 0.3) is 0 Å². The molecule has 0 radical (unpaired) electrons. The molecule has 2 unspecified atom stereocenters. The molecule has 4 aliphatic rings. The summed E-state index contributed by atoms with van der Waals surface area (Å²) in [6.07, 6.45) is -4.69. The number of hydrogen-bond acceptors (Lipinski definition) is 18. The van der Waals surface area contributed by atoms with Crippen LogP contribution in [0, 0.1) is 0 Å². The van der Waals surface area contributed by atoms with Gasteiger partial charge in [-0.25, -0.2) is 40.7 Å². The minimum absolute atomic E-state index is 0.0142. The highest BCUT2D eigenvalue weighted by molar-refractivity contribution is 6.30. The van der Waals surface area contributed by atoms with E-state index in [-0.39, 0.29) is 53.7 Å². The van der Waals surface area contributed by atoms with Gasteiger partial charge in [0.2, 0.25) is 5.39 Å². The highest BCUT2D eigenvalue weighted by Gasteiger charge is 2.44. The van der Waals surface area contributed by atoms with Crippen molar-refractivity contribution in [2.45, 2.75) is 43.9 Å². The third kappa shape index (κ3) is 7.37. The molecule has 5 N–H and O–H groups in total. The Morgan fingerprint density at radius 1 is 0.839 bits per heavy atom. The number of hydrogen-bond donors (Lipinski definition) is 3. The number of esters is 1. The number of anilines is 2. The molecule has 0 amide bonds. The van der Waals surface area contributed by atoms with E-state index in [1.807, 2.05) is 0 Å². The van der Waals surface area contributed by atoms with Crippen LogP contribution in [-0.2, 0) is 40.1 Å². The van der Waals surface area contributed by atoms with Gasteiger partial charge in [-0.3, -0.25) is 29.0 Å². The first kappa shape index (κ1) is 38.3. The van der Waals surface area contributed by atoms with Gasteiger partial charge in [0.25, 0.3) is 0 Å². The van der Waals surface area contributed by atoms with Crippen molar-refractivity contribution in [1.29, 1.82) is 0 Å². The van der Waals surface area contributed by atoms with Crippen LogP contribution in [0.3, 0.4) is 0 Å². The van der Waals surface area contributed by atoms with Crippen molar-refractivity contribution in [2.75, 3.05) is 36.4 Å². The summed E-state index contributed by atoms with van der Waals surface area (Å²) in [6.45, 7) is -0.335. The van der Waals surface area contributed by atoms with Gasteiger partial charge in [0.05, 0.1) is 11.3 Å². The number of nitrogens with one attached hydrogen (secondary N) is 1. The molecule has 0 spiro atoms. The molecule has 56 heavy (non-hydrogen) atoms. The zero-order valence-corrected chi connectivity index (χ0v) is 29.2. The lowest BCUT2D eigenvalue weighted by atomic mass is 9.83. The molecule has 0 saturated carbocycles. The topological polar surface area (TPSA) is 220 Å². The summed E-state index contributed by atoms with van der Waals surface area (Å²) in [7, 11) is 0. The first-order chi connectivity index (χ1) is 26.7. The maximum Gasteiger partial charge on any atom is 0.491 e. The van der Waals surface area contributed by atoms with Crippen LogP contribution in [0.15, 0.2) is 60.7 Å². The van der Waals surface area contributed by atoms with Gasteiger partial charge in [-0.2, -0.15) is 13.2 Å². The predicted octanol–water partition coefficient (Wildman–Crippen LogP) is 1.18. The molecule has 3 aliphatic heterocycles. The molecule has 18 nitrogen and oxygen atoms in total. The number of hydrazine groups is 4. The Morgan fingerprint density at radius 3 is 2.27 bits per heavy atom. The van der Waals surface area contributed by atoms with Gasteiger partial charge in [0.1, 0.15) is 24.3 Å². The zero-order chi connectivity index (χ0) is 39.9. The molecule has 3 heterocycles. The van der Waals surface area contributed by atoms with Gasteiger partial charge in [-0.15, -0.1) is 5.12 Å². The van der Waals surface area contributed by atoms with Crippen LogP contribution in [0.5, 0.6) is 5.75 Å². The largest absolute Gasteiger partial charge is 0.491 e. The number of nitrogens with zero attached hydrogens (tertiary/aromatic N) is 5. The van der Waals surface area contributed by atoms with Crippen molar-refractivity contribution in [1.82, 2.24) is 20.8 Å². The fourth-order valence-corrected chi connectivity index (χ4v) is 6.90. The van der Waals surface area contributed by atoms with Crippen molar-refractivity contribution in [3.63, 3.8) is 0 Å². The molecule has 3 aromatic carbocycles. The third-order valence-electron chi connectivity index (χ3n) is 9.45. The smallest absolute Gasteiger partial charge is 0.417 e. The average Bonchev–Trinajstić information content (AvgIpc) is 3.64. The summed E-state index contributed by atoms with van der Waals surface area (Å²) in [4.78, 5) is 97.2. The normalized spacial score (nSPS) is 22.4. The van der Waals surface area contributed by atoms with E-state index in [2.05, 4.69) is 5.43 Å². The zero-order valence-electron chi connectivity index (χ0n) is 29.2. The summed E-state index contributed by atoms with van der Waals surface area (Å²) in [6, 6.07) is 11.8. The number of carbonyl (C=O) groups is 6. The van der Waals surface area contributed by atoms with Crippen molar-refractivity contribution in [2.24, 2.45) is 11.6 Å². The maximum absolute atomic E-state index is 14.2. The number of ketones is 2. The van der Waals surface area contributed by atoms with E-state index in [1.54, 1.807) is 29.2 Å². The molecule has 3 atom stereocenters. The molecule has 294 valence electrons. The van der Waals surface area contributed by atoms with E-state index in [0.29, 0.717) is 24.9 Å². The Morgan fingerprint density at radius 2 is 1.52 bits per heavy atom. The van der Waals surface area contributed by atoms with Gasteiger partial charge in [0, 0.05) is 36.2 Å². The number of para-hydroxylation sites is 1. The quantitative estimate of drug-likeness (QED) is 0.115. The molecule has 21 heteroatoms. The molecule has 2 fully saturated rings. The molecule has 1 aliphatic carbocycles. The van der Waals surface area contributed by atoms with Crippen LogP contribution in [0.1, 0.15) is 56.7 Å². The Kier molecular flexibility index (Phi) is 10.5. The van der Waals surface area contributed by atoms with Crippen LogP contribution in [0.2, 0.25) is 0 Å². The second kappa shape index (κ2) is 15.3. The number of carbonyl (C=O) groups excluding carboxylic acids is 6. The van der Waals surface area contributed by atoms with E-state index in [4.69, 9.17) is 30.8 Å². The van der Waals surface area contributed by atoms with E-state index in [0.717, 1.165) is 17.3 Å². The molecule has 2 saturated heterocycles. The molecule has 2 bridgehead atoms. The Labute approximate surface area is 314 Å². The Bertz CT molecular complexity index is 2120. The number of benzene rings is 3. The first-order valence-electron chi connectivity index (χ1n) is 17.2. The lowest BCUT2D eigenvalue weighted by Gasteiger charge is -2.43. The number of rotatable bonds is 3. The van der Waals surface area contributed by atoms with Crippen LogP contribution in [-0.4, -0.2) is 95.3 Å². The lowest BCUT2D eigenvalue weighted by molar-refractivity contribution is -0.465. The minimum Gasteiger partial charge on any atom is -0.417 e. The molecular formula is C35H33F3N8O10. The third-order valence-corrected chi connectivity index (χ3v) is 9.45. The van der Waals surface area contributed by atoms with Crippen LogP contribution >= 0.6 is 0 Å². The Balaban J connectivity index is 1.42. The lowest BCUT2D eigenvalue weighted by Crippen LogP contribution is -2.64. The van der Waals surface area contributed by atoms with Crippen LogP contribution < -0.4 is 32.0 Å². The first-order valence-corrected chi connectivity index (χ1v) is 17.2.